The highest BCUT2D eigenvalue weighted by Crippen LogP contribution is 2.35. The molecular weight excluding hydrogens is 478 g/mol. The van der Waals surface area contributed by atoms with Gasteiger partial charge in [-0.2, -0.15) is 4.31 Å². The van der Waals surface area contributed by atoms with Gasteiger partial charge in [0.1, 0.15) is 26.4 Å². The number of hydrogen-bond acceptors (Lipinski definition) is 7. The number of esters is 1. The lowest BCUT2D eigenvalue weighted by Gasteiger charge is -2.20. The van der Waals surface area contributed by atoms with Gasteiger partial charge in [0.2, 0.25) is 10.0 Å². The topological polar surface area (TPSA) is 99.2 Å². The molecule has 0 atom stereocenters. The normalized spacial score (nSPS) is 13.2. The highest BCUT2D eigenvalue weighted by atomic mass is 79.9. The van der Waals surface area contributed by atoms with E-state index in [1.165, 1.54) is 38.2 Å². The Balaban J connectivity index is 1.62. The summed E-state index contributed by atoms with van der Waals surface area (Å²) in [6.07, 6.45) is 0. The van der Waals surface area contributed by atoms with Crippen LogP contribution in [0.5, 0.6) is 11.5 Å². The Morgan fingerprint density at radius 3 is 2.30 bits per heavy atom. The van der Waals surface area contributed by atoms with Gasteiger partial charge in [-0.05, 0) is 31.2 Å². The molecule has 1 heterocycles. The van der Waals surface area contributed by atoms with Crippen molar-refractivity contribution < 1.29 is 32.2 Å². The Morgan fingerprint density at radius 1 is 1.10 bits per heavy atom. The fraction of sp³-hybridized carbons (Fsp3) is 0.300. The number of nitrogens with zero attached hydrogens (tertiary/aromatic N) is 1. The number of ether oxygens (including phenoxy) is 3. The quantitative estimate of drug-likeness (QED) is 0.428. The molecule has 1 aliphatic heterocycles. The number of carbonyl (C=O) groups is 2. The Morgan fingerprint density at radius 2 is 1.70 bits per heavy atom. The van der Waals surface area contributed by atoms with Crippen LogP contribution in [0.15, 0.2) is 45.8 Å². The fourth-order valence-electron chi connectivity index (χ4n) is 2.73. The van der Waals surface area contributed by atoms with Gasteiger partial charge < -0.3 is 14.2 Å². The van der Waals surface area contributed by atoms with Crippen molar-refractivity contribution >= 4 is 37.7 Å². The van der Waals surface area contributed by atoms with Crippen molar-refractivity contribution in [3.05, 3.63) is 52.0 Å². The van der Waals surface area contributed by atoms with Crippen molar-refractivity contribution in [2.45, 2.75) is 18.4 Å². The largest absolute Gasteiger partial charge is 0.486 e. The van der Waals surface area contributed by atoms with Crippen LogP contribution >= 0.6 is 15.9 Å². The first-order valence-corrected chi connectivity index (χ1v) is 11.2. The van der Waals surface area contributed by atoms with E-state index in [0.29, 0.717) is 40.3 Å². The second-order valence-corrected chi connectivity index (χ2v) is 9.49. The third-order valence-corrected chi connectivity index (χ3v) is 6.98. The standard InChI is InChI=1S/C20H20BrNO7S/c1-13(23)14-3-5-16(6-4-14)30(25,26)22(2)11-20(24)29-12-15-9-18-19(10-17(15)21)28-8-7-27-18/h3-6,9-10H,7-8,11-12H2,1-2H3. The molecule has 0 saturated carbocycles. The molecular formula is C20H20BrNO7S. The van der Waals surface area contributed by atoms with Gasteiger partial charge in [0.15, 0.2) is 17.3 Å². The van der Waals surface area contributed by atoms with Crippen LogP contribution < -0.4 is 9.47 Å². The maximum Gasteiger partial charge on any atom is 0.321 e. The maximum absolute atomic E-state index is 12.6. The summed E-state index contributed by atoms with van der Waals surface area (Å²) < 4.78 is 43.1. The Bertz CT molecular complexity index is 1070. The monoisotopic (exact) mass is 497 g/mol. The van der Waals surface area contributed by atoms with E-state index in [1.54, 1.807) is 12.1 Å². The number of likely N-dealkylation sites (N-methyl/N-ethyl adjacent to an activating group) is 1. The van der Waals surface area contributed by atoms with Crippen molar-refractivity contribution in [1.29, 1.82) is 0 Å². The van der Waals surface area contributed by atoms with Gasteiger partial charge in [-0.15, -0.1) is 0 Å². The third kappa shape index (κ3) is 5.00. The molecule has 10 heteroatoms. The van der Waals surface area contributed by atoms with Gasteiger partial charge in [-0.25, -0.2) is 8.42 Å². The summed E-state index contributed by atoms with van der Waals surface area (Å²) in [5.74, 6) is 0.290. The van der Waals surface area contributed by atoms with Crippen LogP contribution in [-0.4, -0.2) is 51.3 Å². The van der Waals surface area contributed by atoms with E-state index < -0.39 is 22.5 Å². The number of sulfonamides is 1. The number of hydrogen-bond donors (Lipinski definition) is 0. The molecule has 0 aliphatic carbocycles. The van der Waals surface area contributed by atoms with Crippen LogP contribution in [0.2, 0.25) is 0 Å². The molecule has 0 spiro atoms. The van der Waals surface area contributed by atoms with E-state index in [0.717, 1.165) is 4.31 Å². The molecule has 0 unspecified atom stereocenters. The van der Waals surface area contributed by atoms with Gasteiger partial charge in [0.05, 0.1) is 4.90 Å². The minimum atomic E-state index is -3.90. The zero-order valence-corrected chi connectivity index (χ0v) is 18.8. The average Bonchev–Trinajstić information content (AvgIpc) is 2.72. The molecule has 0 aromatic heterocycles. The highest BCUT2D eigenvalue weighted by molar-refractivity contribution is 9.10. The molecule has 8 nitrogen and oxygen atoms in total. The summed E-state index contributed by atoms with van der Waals surface area (Å²) in [7, 11) is -2.62. The SMILES string of the molecule is CC(=O)c1ccc(S(=O)(=O)N(C)CC(=O)OCc2cc3c(cc2Br)OCCO3)cc1. The first-order valence-electron chi connectivity index (χ1n) is 8.99. The Hall–Kier alpha value is -2.43. The number of carbonyl (C=O) groups excluding carboxylic acids is 2. The first kappa shape index (κ1) is 22.3. The summed E-state index contributed by atoms with van der Waals surface area (Å²) in [4.78, 5) is 23.5. The molecule has 2 aromatic rings. The lowest BCUT2D eigenvalue weighted by Crippen LogP contribution is -2.33. The van der Waals surface area contributed by atoms with Gasteiger partial charge in [0.25, 0.3) is 0 Å². The van der Waals surface area contributed by atoms with Gasteiger partial charge >= 0.3 is 5.97 Å². The van der Waals surface area contributed by atoms with Crippen LogP contribution in [0.4, 0.5) is 0 Å². The van der Waals surface area contributed by atoms with E-state index in [2.05, 4.69) is 15.9 Å². The van der Waals surface area contributed by atoms with E-state index in [1.807, 2.05) is 0 Å². The second kappa shape index (κ2) is 9.15. The number of benzene rings is 2. The van der Waals surface area contributed by atoms with Crippen molar-refractivity contribution in [3.8, 4) is 11.5 Å². The number of rotatable bonds is 7. The van der Waals surface area contributed by atoms with Crippen LogP contribution in [-0.2, 0) is 26.2 Å². The van der Waals surface area contributed by atoms with E-state index in [-0.39, 0.29) is 17.3 Å². The van der Waals surface area contributed by atoms with Gasteiger partial charge in [-0.3, -0.25) is 9.59 Å². The molecule has 0 N–H and O–H groups in total. The molecule has 30 heavy (non-hydrogen) atoms. The van der Waals surface area contributed by atoms with Crippen LogP contribution in [0, 0.1) is 0 Å². The van der Waals surface area contributed by atoms with Crippen molar-refractivity contribution in [2.75, 3.05) is 26.8 Å². The van der Waals surface area contributed by atoms with Gasteiger partial charge in [-0.1, -0.05) is 28.1 Å². The number of fused-ring (bicyclic) bond motifs is 1. The van der Waals surface area contributed by atoms with E-state index in [9.17, 15) is 18.0 Å². The third-order valence-electron chi connectivity index (χ3n) is 4.42. The summed E-state index contributed by atoms with van der Waals surface area (Å²) in [5.41, 5.74) is 1.07. The van der Waals surface area contributed by atoms with Crippen molar-refractivity contribution in [1.82, 2.24) is 4.31 Å². The maximum atomic E-state index is 12.6. The van der Waals surface area contributed by atoms with E-state index in [4.69, 9.17) is 14.2 Å². The molecule has 2 aromatic carbocycles. The minimum absolute atomic E-state index is 0.0163. The zero-order chi connectivity index (χ0) is 21.9. The predicted octanol–water partition coefficient (Wildman–Crippen LogP) is 2.79. The van der Waals surface area contributed by atoms with E-state index >= 15 is 0 Å². The molecule has 0 amide bonds. The summed E-state index contributed by atoms with van der Waals surface area (Å²) in [6, 6.07) is 8.98. The number of Topliss-reactive ketones (excluding diaryl/α,β-unsaturated/α-hetero) is 1. The number of halogens is 1. The van der Waals surface area contributed by atoms with Crippen molar-refractivity contribution in [2.24, 2.45) is 0 Å². The van der Waals surface area contributed by atoms with Crippen LogP contribution in [0.1, 0.15) is 22.8 Å². The van der Waals surface area contributed by atoms with Crippen molar-refractivity contribution in [3.63, 3.8) is 0 Å². The van der Waals surface area contributed by atoms with Crippen LogP contribution in [0.25, 0.3) is 0 Å². The molecule has 160 valence electrons. The molecule has 0 fully saturated rings. The summed E-state index contributed by atoms with van der Waals surface area (Å²) in [5, 5.41) is 0. The Labute approximate surface area is 182 Å². The Kier molecular flexibility index (Phi) is 6.79. The zero-order valence-electron chi connectivity index (χ0n) is 16.4. The summed E-state index contributed by atoms with van der Waals surface area (Å²) in [6.45, 7) is 1.78. The van der Waals surface area contributed by atoms with Crippen LogP contribution in [0.3, 0.4) is 0 Å². The average molecular weight is 498 g/mol. The lowest BCUT2D eigenvalue weighted by molar-refractivity contribution is -0.144. The number of ketones is 1. The second-order valence-electron chi connectivity index (χ2n) is 6.59. The molecule has 0 radical (unpaired) electrons. The fourth-order valence-corrected chi connectivity index (χ4v) is 4.28. The smallest absolute Gasteiger partial charge is 0.321 e. The molecule has 3 rings (SSSR count). The molecule has 1 aliphatic rings. The molecule has 0 saturated heterocycles. The summed E-state index contributed by atoms with van der Waals surface area (Å²) >= 11 is 3.40. The predicted molar refractivity (Wildman–Crippen MR) is 111 cm³/mol. The van der Waals surface area contributed by atoms with Gasteiger partial charge in [0, 0.05) is 22.6 Å². The highest BCUT2D eigenvalue weighted by Gasteiger charge is 2.24. The lowest BCUT2D eigenvalue weighted by atomic mass is 10.2. The first-order chi connectivity index (χ1) is 14.2. The minimum Gasteiger partial charge on any atom is -0.486 e. The molecule has 0 bridgehead atoms.